The number of nitrogens with zero attached hydrogens (tertiary/aromatic N) is 2. The van der Waals surface area contributed by atoms with Gasteiger partial charge < -0.3 is 10.6 Å². The Kier molecular flexibility index (Phi) is 7.13. The minimum absolute atomic E-state index is 0.485. The Morgan fingerprint density at radius 3 is 1.61 bits per heavy atom. The van der Waals surface area contributed by atoms with E-state index in [-0.39, 0.29) is 0 Å². The standard InChI is InChI=1S/C14H28N4/c1-11-9-12(2)16-7-8-18-14(4)10-13(3)17-6-5-15-11/h11,14-15,18H,5-10H2,1-4H3. The van der Waals surface area contributed by atoms with E-state index in [1.807, 2.05) is 0 Å². The van der Waals surface area contributed by atoms with Crippen LogP contribution in [0.1, 0.15) is 40.5 Å². The quantitative estimate of drug-likeness (QED) is 0.689. The summed E-state index contributed by atoms with van der Waals surface area (Å²) >= 11 is 0. The van der Waals surface area contributed by atoms with E-state index in [0.29, 0.717) is 12.1 Å². The van der Waals surface area contributed by atoms with E-state index >= 15 is 0 Å². The second-order valence-electron chi connectivity index (χ2n) is 5.35. The highest BCUT2D eigenvalue weighted by Crippen LogP contribution is 1.97. The molecule has 2 unspecified atom stereocenters. The Balaban J connectivity index is 2.53. The molecular weight excluding hydrogens is 224 g/mol. The number of hydrogen-bond acceptors (Lipinski definition) is 4. The molecule has 4 nitrogen and oxygen atoms in total. The largest absolute Gasteiger partial charge is 0.312 e. The van der Waals surface area contributed by atoms with Crippen molar-refractivity contribution in [2.45, 2.75) is 52.6 Å². The number of rotatable bonds is 0. The molecule has 0 spiro atoms. The second-order valence-corrected chi connectivity index (χ2v) is 5.35. The SMILES string of the molecule is CC1=NCCNC(C)CC(C)=NCCNC(C)C1. The summed E-state index contributed by atoms with van der Waals surface area (Å²) in [6, 6.07) is 0.971. The average molecular weight is 252 g/mol. The minimum atomic E-state index is 0.485. The normalized spacial score (nSPS) is 29.1. The van der Waals surface area contributed by atoms with Crippen LogP contribution < -0.4 is 10.6 Å². The fraction of sp³-hybridized carbons (Fsp3) is 0.857. The van der Waals surface area contributed by atoms with Gasteiger partial charge in [-0.3, -0.25) is 9.98 Å². The van der Waals surface area contributed by atoms with Crippen molar-refractivity contribution >= 4 is 11.4 Å². The van der Waals surface area contributed by atoms with Crippen LogP contribution in [0.3, 0.4) is 0 Å². The smallest absolute Gasteiger partial charge is 0.0513 e. The van der Waals surface area contributed by atoms with Gasteiger partial charge in [0.25, 0.3) is 0 Å². The lowest BCUT2D eigenvalue weighted by atomic mass is 10.1. The third-order valence-electron chi connectivity index (χ3n) is 3.18. The van der Waals surface area contributed by atoms with Crippen LogP contribution in [0.5, 0.6) is 0 Å². The molecule has 1 aliphatic heterocycles. The fourth-order valence-corrected chi connectivity index (χ4v) is 2.28. The highest BCUT2D eigenvalue weighted by Gasteiger charge is 2.05. The lowest BCUT2D eigenvalue weighted by molar-refractivity contribution is 0.556. The van der Waals surface area contributed by atoms with Crippen molar-refractivity contribution in [2.24, 2.45) is 9.98 Å². The maximum atomic E-state index is 4.60. The van der Waals surface area contributed by atoms with Crippen molar-refractivity contribution in [3.63, 3.8) is 0 Å². The van der Waals surface area contributed by atoms with Gasteiger partial charge >= 0.3 is 0 Å². The topological polar surface area (TPSA) is 48.8 Å². The summed E-state index contributed by atoms with van der Waals surface area (Å²) in [7, 11) is 0. The van der Waals surface area contributed by atoms with Crippen LogP contribution in [0.15, 0.2) is 9.98 Å². The highest BCUT2D eigenvalue weighted by atomic mass is 15.0. The van der Waals surface area contributed by atoms with E-state index in [2.05, 4.69) is 48.3 Å². The molecule has 104 valence electrons. The van der Waals surface area contributed by atoms with Gasteiger partial charge in [-0.1, -0.05) is 0 Å². The molecule has 1 heterocycles. The molecule has 0 aromatic heterocycles. The summed E-state index contributed by atoms with van der Waals surface area (Å²) in [4.78, 5) is 9.20. The zero-order valence-corrected chi connectivity index (χ0v) is 12.3. The van der Waals surface area contributed by atoms with Crippen LogP contribution in [-0.4, -0.2) is 49.7 Å². The maximum absolute atomic E-state index is 4.60. The predicted molar refractivity (Wildman–Crippen MR) is 80.1 cm³/mol. The first kappa shape index (κ1) is 15.3. The van der Waals surface area contributed by atoms with Crippen LogP contribution in [0, 0.1) is 0 Å². The summed E-state index contributed by atoms with van der Waals surface area (Å²) in [5.41, 5.74) is 2.47. The molecular formula is C14H28N4. The summed E-state index contributed by atoms with van der Waals surface area (Å²) in [6.07, 6.45) is 2.05. The predicted octanol–water partition coefficient (Wildman–Crippen LogP) is 1.66. The molecule has 0 saturated carbocycles. The Bertz CT molecular complexity index is 266. The van der Waals surface area contributed by atoms with Gasteiger partial charge in [0.05, 0.1) is 13.1 Å². The molecule has 18 heavy (non-hydrogen) atoms. The Hall–Kier alpha value is -0.740. The third kappa shape index (κ3) is 6.87. The van der Waals surface area contributed by atoms with E-state index < -0.39 is 0 Å². The monoisotopic (exact) mass is 252 g/mol. The average Bonchev–Trinajstić information content (AvgIpc) is 2.29. The Morgan fingerprint density at radius 1 is 0.833 bits per heavy atom. The van der Waals surface area contributed by atoms with E-state index in [0.717, 1.165) is 39.0 Å². The van der Waals surface area contributed by atoms with Gasteiger partial charge in [0.1, 0.15) is 0 Å². The molecule has 0 aromatic rings. The summed E-state index contributed by atoms with van der Waals surface area (Å²) in [5, 5.41) is 6.99. The van der Waals surface area contributed by atoms with Crippen LogP contribution in [-0.2, 0) is 0 Å². The van der Waals surface area contributed by atoms with Crippen molar-refractivity contribution in [2.75, 3.05) is 26.2 Å². The molecule has 0 bridgehead atoms. The highest BCUT2D eigenvalue weighted by molar-refractivity contribution is 5.82. The van der Waals surface area contributed by atoms with Crippen LogP contribution in [0.2, 0.25) is 0 Å². The first-order chi connectivity index (χ1) is 8.58. The second kappa shape index (κ2) is 8.38. The van der Waals surface area contributed by atoms with Crippen molar-refractivity contribution in [3.8, 4) is 0 Å². The van der Waals surface area contributed by atoms with Crippen LogP contribution in [0.25, 0.3) is 0 Å². The van der Waals surface area contributed by atoms with Gasteiger partial charge in [-0.15, -0.1) is 0 Å². The van der Waals surface area contributed by atoms with Gasteiger partial charge in [-0.2, -0.15) is 0 Å². The van der Waals surface area contributed by atoms with E-state index in [1.165, 1.54) is 11.4 Å². The molecule has 0 aliphatic carbocycles. The fourth-order valence-electron chi connectivity index (χ4n) is 2.28. The zero-order valence-electron chi connectivity index (χ0n) is 12.3. The molecule has 0 aromatic carbocycles. The molecule has 0 fully saturated rings. The summed E-state index contributed by atoms with van der Waals surface area (Å²) in [5.74, 6) is 0. The third-order valence-corrected chi connectivity index (χ3v) is 3.18. The lowest BCUT2D eigenvalue weighted by Crippen LogP contribution is -2.32. The van der Waals surface area contributed by atoms with Crippen LogP contribution in [0.4, 0.5) is 0 Å². The van der Waals surface area contributed by atoms with Gasteiger partial charge in [0.15, 0.2) is 0 Å². The van der Waals surface area contributed by atoms with Crippen LogP contribution >= 0.6 is 0 Å². The molecule has 2 atom stereocenters. The Morgan fingerprint density at radius 2 is 1.22 bits per heavy atom. The first-order valence-electron chi connectivity index (χ1n) is 7.04. The van der Waals surface area contributed by atoms with Gasteiger partial charge in [-0.25, -0.2) is 0 Å². The molecule has 4 heteroatoms. The van der Waals surface area contributed by atoms with E-state index in [1.54, 1.807) is 0 Å². The van der Waals surface area contributed by atoms with Gasteiger partial charge in [-0.05, 0) is 27.7 Å². The Labute approximate surface area is 111 Å². The van der Waals surface area contributed by atoms with Crippen molar-refractivity contribution in [1.82, 2.24) is 10.6 Å². The van der Waals surface area contributed by atoms with Gasteiger partial charge in [0.2, 0.25) is 0 Å². The van der Waals surface area contributed by atoms with Crippen molar-refractivity contribution < 1.29 is 0 Å². The van der Waals surface area contributed by atoms with Gasteiger partial charge in [0, 0.05) is 49.4 Å². The lowest BCUT2D eigenvalue weighted by Gasteiger charge is -2.16. The van der Waals surface area contributed by atoms with Crippen molar-refractivity contribution in [1.29, 1.82) is 0 Å². The van der Waals surface area contributed by atoms with Crippen molar-refractivity contribution in [3.05, 3.63) is 0 Å². The maximum Gasteiger partial charge on any atom is 0.0513 e. The minimum Gasteiger partial charge on any atom is -0.312 e. The summed E-state index contributed by atoms with van der Waals surface area (Å²) in [6.45, 7) is 12.3. The molecule has 1 rings (SSSR count). The number of hydrogen-bond donors (Lipinski definition) is 2. The molecule has 1 aliphatic rings. The number of nitrogens with one attached hydrogen (secondary N) is 2. The van der Waals surface area contributed by atoms with E-state index in [9.17, 15) is 0 Å². The molecule has 0 radical (unpaired) electrons. The molecule has 2 N–H and O–H groups in total. The number of aliphatic imine (C=N–C) groups is 2. The molecule has 0 saturated heterocycles. The summed E-state index contributed by atoms with van der Waals surface area (Å²) < 4.78 is 0. The van der Waals surface area contributed by atoms with E-state index in [4.69, 9.17) is 0 Å². The molecule has 0 amide bonds. The first-order valence-corrected chi connectivity index (χ1v) is 7.04. The zero-order chi connectivity index (χ0) is 13.4.